The van der Waals surface area contributed by atoms with Crippen molar-refractivity contribution in [1.29, 1.82) is 0 Å². The number of hydrogen-bond donors (Lipinski definition) is 1. The molecule has 0 radical (unpaired) electrons. The minimum atomic E-state index is -0.608. The summed E-state index contributed by atoms with van der Waals surface area (Å²) in [6.07, 6.45) is -0.853. The first-order chi connectivity index (χ1) is 18.0. The lowest BCUT2D eigenvalue weighted by atomic mass is 10.0. The number of ether oxygens (including phenoxy) is 2. The van der Waals surface area contributed by atoms with Crippen LogP contribution in [-0.4, -0.2) is 6.09 Å². The van der Waals surface area contributed by atoms with E-state index in [1.54, 1.807) is 18.2 Å². The molecule has 0 aliphatic carbocycles. The molecule has 1 heterocycles. The number of carbonyl (C=O) groups excluding carboxylic acids is 1. The van der Waals surface area contributed by atoms with Crippen LogP contribution in [0.4, 0.5) is 10.5 Å². The number of anilines is 1. The van der Waals surface area contributed by atoms with E-state index in [0.717, 1.165) is 27.6 Å². The van der Waals surface area contributed by atoms with Gasteiger partial charge in [-0.05, 0) is 53.4 Å². The zero-order valence-corrected chi connectivity index (χ0v) is 20.2. The molecule has 0 fully saturated rings. The van der Waals surface area contributed by atoms with Crippen LogP contribution in [-0.2, 0) is 11.3 Å². The molecule has 0 atom stereocenters. The first-order valence-electron chi connectivity index (χ1n) is 11.9. The monoisotopic (exact) mass is 491 g/mol. The molecule has 0 spiro atoms. The lowest BCUT2D eigenvalue weighted by molar-refractivity contribution is 0.155. The molecule has 1 aromatic heterocycles. The molecule has 5 rings (SSSR count). The van der Waals surface area contributed by atoms with Gasteiger partial charge in [-0.15, -0.1) is 0 Å². The predicted molar refractivity (Wildman–Crippen MR) is 143 cm³/mol. The van der Waals surface area contributed by atoms with Crippen LogP contribution in [0.5, 0.6) is 5.75 Å². The Morgan fingerprint density at radius 1 is 0.838 bits per heavy atom. The van der Waals surface area contributed by atoms with Gasteiger partial charge in [0.15, 0.2) is 0 Å². The predicted octanol–water partition coefficient (Wildman–Crippen LogP) is 7.02. The summed E-state index contributed by atoms with van der Waals surface area (Å²) in [7, 11) is 0. The summed E-state index contributed by atoms with van der Waals surface area (Å²) in [5, 5.41) is 3.48. The van der Waals surface area contributed by atoms with Crippen molar-refractivity contribution in [3.63, 3.8) is 0 Å². The molecule has 0 saturated carbocycles. The van der Waals surface area contributed by atoms with Crippen LogP contribution < -0.4 is 15.7 Å². The van der Waals surface area contributed by atoms with Gasteiger partial charge < -0.3 is 13.9 Å². The smallest absolute Gasteiger partial charge is 0.411 e. The summed E-state index contributed by atoms with van der Waals surface area (Å²) in [5.41, 5.74) is 4.19. The van der Waals surface area contributed by atoms with Crippen LogP contribution >= 0.6 is 0 Å². The molecule has 0 aliphatic rings. The summed E-state index contributed by atoms with van der Waals surface area (Å²) in [6, 6.07) is 34.1. The maximum Gasteiger partial charge on any atom is 0.411 e. The molecule has 184 valence electrons. The summed E-state index contributed by atoms with van der Waals surface area (Å²) in [4.78, 5) is 24.0. The third-order valence-electron chi connectivity index (χ3n) is 5.95. The summed E-state index contributed by atoms with van der Waals surface area (Å²) in [6.45, 7) is 1.93. The van der Waals surface area contributed by atoms with Crippen molar-refractivity contribution in [1.82, 2.24) is 0 Å². The van der Waals surface area contributed by atoms with Crippen LogP contribution in [0.25, 0.3) is 11.0 Å². The second-order valence-corrected chi connectivity index (χ2v) is 8.62. The lowest BCUT2D eigenvalue weighted by Crippen LogP contribution is -2.13. The van der Waals surface area contributed by atoms with E-state index in [9.17, 15) is 9.59 Å². The van der Waals surface area contributed by atoms with Crippen molar-refractivity contribution in [2.24, 2.45) is 0 Å². The van der Waals surface area contributed by atoms with E-state index in [4.69, 9.17) is 13.9 Å². The van der Waals surface area contributed by atoms with Crippen molar-refractivity contribution < 1.29 is 18.7 Å². The molecule has 0 saturated heterocycles. The maximum atomic E-state index is 12.3. The summed E-state index contributed by atoms with van der Waals surface area (Å²) < 4.78 is 16.9. The molecule has 37 heavy (non-hydrogen) atoms. The number of aryl methyl sites for hydroxylation is 1. The fraction of sp³-hybridized carbons (Fsp3) is 0.0968. The van der Waals surface area contributed by atoms with E-state index in [1.165, 1.54) is 6.07 Å². The van der Waals surface area contributed by atoms with Crippen LogP contribution in [0, 0.1) is 6.92 Å². The Kier molecular flexibility index (Phi) is 6.99. The van der Waals surface area contributed by atoms with Gasteiger partial charge in [0.1, 0.15) is 24.0 Å². The first kappa shape index (κ1) is 23.9. The van der Waals surface area contributed by atoms with Gasteiger partial charge in [0.05, 0.1) is 0 Å². The molecule has 1 amide bonds. The number of hydrogen-bond acceptors (Lipinski definition) is 5. The normalized spacial score (nSPS) is 10.9. The first-order valence-corrected chi connectivity index (χ1v) is 11.9. The Hall–Kier alpha value is -4.84. The van der Waals surface area contributed by atoms with Crippen LogP contribution in [0.15, 0.2) is 118 Å². The van der Waals surface area contributed by atoms with Crippen LogP contribution in [0.1, 0.15) is 28.4 Å². The topological polar surface area (TPSA) is 77.8 Å². The van der Waals surface area contributed by atoms with Gasteiger partial charge in [-0.2, -0.15) is 0 Å². The van der Waals surface area contributed by atoms with Crippen molar-refractivity contribution >= 4 is 22.7 Å². The van der Waals surface area contributed by atoms with E-state index in [-0.39, 0.29) is 12.7 Å². The number of amides is 1. The van der Waals surface area contributed by atoms with Crippen molar-refractivity contribution in [3.05, 3.63) is 142 Å². The molecule has 0 unspecified atom stereocenters. The molecule has 6 heteroatoms. The minimum absolute atomic E-state index is 0.0919. The number of rotatable bonds is 7. The van der Waals surface area contributed by atoms with Crippen molar-refractivity contribution in [2.75, 3.05) is 5.32 Å². The molecule has 1 N–H and O–H groups in total. The Bertz CT molecular complexity index is 1520. The van der Waals surface area contributed by atoms with Gasteiger partial charge >= 0.3 is 11.7 Å². The summed E-state index contributed by atoms with van der Waals surface area (Å²) >= 11 is 0. The highest BCUT2D eigenvalue weighted by atomic mass is 16.5. The van der Waals surface area contributed by atoms with Crippen LogP contribution in [0.3, 0.4) is 0 Å². The minimum Gasteiger partial charge on any atom is -0.481 e. The average molecular weight is 492 g/mol. The highest BCUT2D eigenvalue weighted by molar-refractivity contribution is 5.89. The Morgan fingerprint density at radius 2 is 1.49 bits per heavy atom. The van der Waals surface area contributed by atoms with Gasteiger partial charge in [0.25, 0.3) is 0 Å². The Balaban J connectivity index is 1.21. The zero-order valence-electron chi connectivity index (χ0n) is 20.2. The van der Waals surface area contributed by atoms with Gasteiger partial charge in [0, 0.05) is 23.2 Å². The van der Waals surface area contributed by atoms with E-state index in [0.29, 0.717) is 17.0 Å². The quantitative estimate of drug-likeness (QED) is 0.248. The van der Waals surface area contributed by atoms with E-state index >= 15 is 0 Å². The van der Waals surface area contributed by atoms with Gasteiger partial charge in [0.2, 0.25) is 0 Å². The largest absolute Gasteiger partial charge is 0.481 e. The Labute approximate surface area is 214 Å². The SMILES string of the molecule is Cc1cc(=O)oc2cc(NC(=O)OCc3ccc(OC(c4ccccc4)c4ccccc4)cc3)ccc12. The standard InChI is InChI=1S/C31H25NO5/c1-21-18-29(33)37-28-19-25(14-17-27(21)28)32-31(34)35-20-22-12-15-26(16-13-22)36-30(23-8-4-2-5-9-23)24-10-6-3-7-11-24/h2-19,30H,20H2,1H3,(H,32,34). The lowest BCUT2D eigenvalue weighted by Gasteiger charge is -2.20. The number of fused-ring (bicyclic) bond motifs is 1. The molecular formula is C31H25NO5. The maximum absolute atomic E-state index is 12.3. The van der Waals surface area contributed by atoms with Gasteiger partial charge in [-0.1, -0.05) is 72.8 Å². The second-order valence-electron chi connectivity index (χ2n) is 8.62. The van der Waals surface area contributed by atoms with Gasteiger partial charge in [-0.3, -0.25) is 5.32 Å². The average Bonchev–Trinajstić information content (AvgIpc) is 2.92. The number of benzene rings is 4. The Morgan fingerprint density at radius 3 is 2.14 bits per heavy atom. The molecule has 6 nitrogen and oxygen atoms in total. The number of carbonyl (C=O) groups is 1. The summed E-state index contributed by atoms with van der Waals surface area (Å²) in [5.74, 6) is 0.707. The second kappa shape index (κ2) is 10.8. The third kappa shape index (κ3) is 5.87. The molecule has 0 bridgehead atoms. The number of nitrogens with one attached hydrogen (secondary N) is 1. The van der Waals surface area contributed by atoms with E-state index in [2.05, 4.69) is 5.32 Å². The molecule has 0 aliphatic heterocycles. The molecule has 5 aromatic rings. The van der Waals surface area contributed by atoms with E-state index < -0.39 is 11.7 Å². The molecular weight excluding hydrogens is 466 g/mol. The van der Waals surface area contributed by atoms with Crippen molar-refractivity contribution in [2.45, 2.75) is 19.6 Å². The van der Waals surface area contributed by atoms with Crippen molar-refractivity contribution in [3.8, 4) is 5.75 Å². The zero-order chi connectivity index (χ0) is 25.6. The van der Waals surface area contributed by atoms with Crippen LogP contribution in [0.2, 0.25) is 0 Å². The fourth-order valence-corrected chi connectivity index (χ4v) is 4.09. The third-order valence-corrected chi connectivity index (χ3v) is 5.95. The highest BCUT2D eigenvalue weighted by Gasteiger charge is 2.16. The highest BCUT2D eigenvalue weighted by Crippen LogP contribution is 2.28. The fourth-order valence-electron chi connectivity index (χ4n) is 4.09. The van der Waals surface area contributed by atoms with Gasteiger partial charge in [-0.25, -0.2) is 9.59 Å². The van der Waals surface area contributed by atoms with E-state index in [1.807, 2.05) is 91.9 Å². The molecule has 4 aromatic carbocycles.